The van der Waals surface area contributed by atoms with Crippen molar-refractivity contribution in [2.24, 2.45) is 0 Å². The maximum atomic E-state index is 12.0. The Balaban J connectivity index is 3.91. The van der Waals surface area contributed by atoms with Crippen LogP contribution in [0.25, 0.3) is 0 Å². The standard InChI is InChI=1S/C21H41NO5/c1-5-6-7-8-9-10-11-12-13-14-15-16-20(25)27-21(26,17-19(23)24)18-22(2,3)4/h26H,5-18H2,1-4H3/t21-/m1/s1. The van der Waals surface area contributed by atoms with Crippen molar-refractivity contribution in [3.05, 3.63) is 0 Å². The van der Waals surface area contributed by atoms with Crippen LogP contribution in [0, 0.1) is 0 Å². The van der Waals surface area contributed by atoms with E-state index >= 15 is 0 Å². The average molecular weight is 388 g/mol. The van der Waals surface area contributed by atoms with Gasteiger partial charge in [0, 0.05) is 12.4 Å². The highest BCUT2D eigenvalue weighted by Crippen LogP contribution is 2.18. The van der Waals surface area contributed by atoms with E-state index in [1.165, 1.54) is 51.4 Å². The molecule has 0 amide bonds. The number of hydrogen-bond donors (Lipinski definition) is 1. The van der Waals surface area contributed by atoms with Gasteiger partial charge in [-0.05, 0) is 6.42 Å². The third kappa shape index (κ3) is 16.7. The zero-order valence-electron chi connectivity index (χ0n) is 17.9. The van der Waals surface area contributed by atoms with Crippen LogP contribution >= 0.6 is 0 Å². The van der Waals surface area contributed by atoms with Crippen LogP contribution in [0.5, 0.6) is 0 Å². The molecule has 1 atom stereocenters. The molecule has 160 valence electrons. The number of carboxylic acids is 1. The first-order valence-corrected chi connectivity index (χ1v) is 10.5. The van der Waals surface area contributed by atoms with Crippen molar-refractivity contribution in [1.29, 1.82) is 0 Å². The minimum atomic E-state index is -2.02. The lowest BCUT2D eigenvalue weighted by molar-refractivity contribution is -0.880. The zero-order chi connectivity index (χ0) is 20.8. The summed E-state index contributed by atoms with van der Waals surface area (Å²) in [4.78, 5) is 22.9. The van der Waals surface area contributed by atoms with Gasteiger partial charge in [-0.2, -0.15) is 0 Å². The van der Waals surface area contributed by atoms with Crippen LogP contribution < -0.4 is 5.11 Å². The van der Waals surface area contributed by atoms with Gasteiger partial charge < -0.3 is 24.2 Å². The van der Waals surface area contributed by atoms with E-state index < -0.39 is 24.1 Å². The van der Waals surface area contributed by atoms with Gasteiger partial charge >= 0.3 is 5.97 Å². The first-order valence-electron chi connectivity index (χ1n) is 10.5. The summed E-state index contributed by atoms with van der Waals surface area (Å²) < 4.78 is 5.37. The topological polar surface area (TPSA) is 86.7 Å². The highest BCUT2D eigenvalue weighted by molar-refractivity contribution is 5.71. The smallest absolute Gasteiger partial charge is 0.308 e. The van der Waals surface area contributed by atoms with E-state index in [0.717, 1.165) is 12.8 Å². The van der Waals surface area contributed by atoms with E-state index in [-0.39, 0.29) is 17.4 Å². The third-order valence-corrected chi connectivity index (χ3v) is 4.43. The molecule has 0 spiro atoms. The molecule has 0 rings (SSSR count). The highest BCUT2D eigenvalue weighted by Gasteiger charge is 2.37. The number of carbonyl (C=O) groups is 2. The van der Waals surface area contributed by atoms with Crippen molar-refractivity contribution in [3.63, 3.8) is 0 Å². The number of hydrogen-bond acceptors (Lipinski definition) is 5. The fourth-order valence-corrected chi connectivity index (χ4v) is 3.29. The number of nitrogens with zero attached hydrogens (tertiary/aromatic N) is 1. The summed E-state index contributed by atoms with van der Waals surface area (Å²) >= 11 is 0. The van der Waals surface area contributed by atoms with E-state index in [4.69, 9.17) is 4.74 Å². The number of likely N-dealkylation sites (N-methyl/N-ethyl adjacent to an activating group) is 1. The number of carboxylic acid groups (broad SMARTS) is 1. The van der Waals surface area contributed by atoms with Crippen LogP contribution in [0.2, 0.25) is 0 Å². The summed E-state index contributed by atoms with van der Waals surface area (Å²) in [5.41, 5.74) is 0. The molecule has 0 saturated heterocycles. The highest BCUT2D eigenvalue weighted by atomic mass is 16.7. The summed E-state index contributed by atoms with van der Waals surface area (Å²) in [5, 5.41) is 21.3. The molecule has 0 aromatic rings. The Morgan fingerprint density at radius 1 is 0.889 bits per heavy atom. The Morgan fingerprint density at radius 3 is 1.74 bits per heavy atom. The molecule has 0 heterocycles. The maximum absolute atomic E-state index is 12.0. The summed E-state index contributed by atoms with van der Waals surface area (Å²) in [7, 11) is 5.37. The third-order valence-electron chi connectivity index (χ3n) is 4.43. The molecule has 1 N–H and O–H groups in total. The molecule has 0 aromatic heterocycles. The Morgan fingerprint density at radius 2 is 1.33 bits per heavy atom. The number of ether oxygens (including phenoxy) is 1. The molecule has 0 bridgehead atoms. The van der Waals surface area contributed by atoms with E-state index in [2.05, 4.69) is 6.92 Å². The molecule has 0 aliphatic heterocycles. The molecule has 0 radical (unpaired) electrons. The van der Waals surface area contributed by atoms with Crippen LogP contribution in [0.3, 0.4) is 0 Å². The van der Waals surface area contributed by atoms with E-state index in [9.17, 15) is 19.8 Å². The monoisotopic (exact) mass is 387 g/mol. The van der Waals surface area contributed by atoms with Gasteiger partial charge in [0.25, 0.3) is 5.79 Å². The molecular formula is C21H41NO5. The number of esters is 1. The fourth-order valence-electron chi connectivity index (χ4n) is 3.29. The Labute approximate surface area is 165 Å². The van der Waals surface area contributed by atoms with Crippen molar-refractivity contribution in [1.82, 2.24) is 0 Å². The molecular weight excluding hydrogens is 346 g/mol. The van der Waals surface area contributed by atoms with Crippen molar-refractivity contribution < 1.29 is 29.0 Å². The van der Waals surface area contributed by atoms with Gasteiger partial charge in [0.15, 0.2) is 0 Å². The molecule has 0 saturated carbocycles. The van der Waals surface area contributed by atoms with Gasteiger partial charge in [-0.1, -0.05) is 71.1 Å². The predicted molar refractivity (Wildman–Crippen MR) is 105 cm³/mol. The van der Waals surface area contributed by atoms with Crippen LogP contribution in [0.4, 0.5) is 0 Å². The normalized spacial score (nSPS) is 14.0. The number of aliphatic carboxylic acids is 1. The SMILES string of the molecule is CCCCCCCCCCCCCC(=O)O[C@](O)(CC(=O)[O-])C[N+](C)(C)C. The van der Waals surface area contributed by atoms with E-state index in [1.54, 1.807) is 21.1 Å². The van der Waals surface area contributed by atoms with Crippen molar-refractivity contribution in [2.45, 2.75) is 96.2 Å². The zero-order valence-corrected chi connectivity index (χ0v) is 17.9. The van der Waals surface area contributed by atoms with Gasteiger partial charge in [-0.15, -0.1) is 0 Å². The van der Waals surface area contributed by atoms with Gasteiger partial charge in [0.1, 0.15) is 6.54 Å². The number of unbranched alkanes of at least 4 members (excludes halogenated alkanes) is 10. The van der Waals surface area contributed by atoms with Gasteiger partial charge in [-0.3, -0.25) is 4.79 Å². The second kappa shape index (κ2) is 13.9. The fraction of sp³-hybridized carbons (Fsp3) is 0.905. The molecule has 6 heteroatoms. The molecule has 6 nitrogen and oxygen atoms in total. The van der Waals surface area contributed by atoms with Crippen LogP contribution in [-0.2, 0) is 14.3 Å². The first kappa shape index (κ1) is 25.9. The minimum absolute atomic E-state index is 0.00895. The number of carbonyl (C=O) groups excluding carboxylic acids is 2. The minimum Gasteiger partial charge on any atom is -0.550 e. The Kier molecular flexibility index (Phi) is 13.4. The molecule has 27 heavy (non-hydrogen) atoms. The van der Waals surface area contributed by atoms with Gasteiger partial charge in [0.05, 0.1) is 27.6 Å². The van der Waals surface area contributed by atoms with Crippen LogP contribution in [0.1, 0.15) is 90.4 Å². The number of quaternary nitrogens is 1. The Bertz CT molecular complexity index is 419. The number of rotatable bonds is 17. The van der Waals surface area contributed by atoms with Gasteiger partial charge in [0.2, 0.25) is 0 Å². The summed E-state index contributed by atoms with van der Waals surface area (Å²) in [6.07, 6.45) is 12.5. The van der Waals surface area contributed by atoms with Crippen LogP contribution in [0.15, 0.2) is 0 Å². The van der Waals surface area contributed by atoms with Crippen molar-refractivity contribution in [2.75, 3.05) is 27.7 Å². The Hall–Kier alpha value is -1.14. The molecule has 0 aromatic carbocycles. The lowest BCUT2D eigenvalue weighted by Gasteiger charge is -2.35. The summed E-state index contributed by atoms with van der Waals surface area (Å²) in [6, 6.07) is 0. The predicted octanol–water partition coefficient (Wildman–Crippen LogP) is 2.77. The second-order valence-corrected chi connectivity index (χ2v) is 8.70. The molecule has 0 fully saturated rings. The van der Waals surface area contributed by atoms with E-state index in [1.807, 2.05) is 0 Å². The average Bonchev–Trinajstić information content (AvgIpc) is 2.49. The second-order valence-electron chi connectivity index (χ2n) is 8.70. The van der Waals surface area contributed by atoms with E-state index in [0.29, 0.717) is 6.42 Å². The number of aliphatic hydroxyl groups is 1. The lowest BCUT2D eigenvalue weighted by Crippen LogP contribution is -2.54. The molecule has 0 aliphatic rings. The van der Waals surface area contributed by atoms with Crippen molar-refractivity contribution in [3.8, 4) is 0 Å². The first-order chi connectivity index (χ1) is 12.6. The van der Waals surface area contributed by atoms with Gasteiger partial charge in [-0.25, -0.2) is 0 Å². The quantitative estimate of drug-likeness (QED) is 0.179. The molecule has 0 unspecified atom stereocenters. The maximum Gasteiger partial charge on any atom is 0.308 e. The summed E-state index contributed by atoms with van der Waals surface area (Å²) in [5.74, 6) is -4.01. The van der Waals surface area contributed by atoms with Crippen LogP contribution in [-0.4, -0.2) is 55.0 Å². The van der Waals surface area contributed by atoms with Crippen molar-refractivity contribution >= 4 is 11.9 Å². The lowest BCUT2D eigenvalue weighted by atomic mass is 10.1. The summed E-state index contributed by atoms with van der Waals surface area (Å²) in [6.45, 7) is 2.22. The molecule has 0 aliphatic carbocycles. The largest absolute Gasteiger partial charge is 0.550 e.